The molecule has 1 heterocycles. The minimum atomic E-state index is -0.621. The van der Waals surface area contributed by atoms with E-state index in [1.165, 1.54) is 0 Å². The predicted molar refractivity (Wildman–Crippen MR) is 83.4 cm³/mol. The van der Waals surface area contributed by atoms with E-state index in [9.17, 15) is 14.4 Å². The first kappa shape index (κ1) is 16.8. The van der Waals surface area contributed by atoms with Gasteiger partial charge in [0.25, 0.3) is 0 Å². The number of hydrogen-bond donors (Lipinski definition) is 2. The Kier molecular flexibility index (Phi) is 5.20. The summed E-state index contributed by atoms with van der Waals surface area (Å²) >= 11 is 0. The number of hydrogen-bond acceptors (Lipinski definition) is 4. The molecular weight excluding hydrogens is 298 g/mol. The van der Waals surface area contributed by atoms with E-state index in [4.69, 9.17) is 10.5 Å². The van der Waals surface area contributed by atoms with Crippen LogP contribution in [0.1, 0.15) is 24.9 Å². The lowest BCUT2D eigenvalue weighted by atomic mass is 9.92. The molecule has 0 saturated carbocycles. The highest BCUT2D eigenvalue weighted by Crippen LogP contribution is 2.41. The van der Waals surface area contributed by atoms with Crippen molar-refractivity contribution in [3.05, 3.63) is 29.8 Å². The summed E-state index contributed by atoms with van der Waals surface area (Å²) in [7, 11) is 1.55. The first-order valence-corrected chi connectivity index (χ1v) is 7.48. The summed E-state index contributed by atoms with van der Waals surface area (Å²) < 4.78 is 5.37. The van der Waals surface area contributed by atoms with Crippen LogP contribution >= 0.6 is 0 Å². The quantitative estimate of drug-likeness (QED) is 0.782. The standard InChI is InChI=1S/C16H21N3O4/c1-3-19-14(21)8-11(16(22)18-9-13(17)20)15(19)10-6-4-5-7-12(10)23-2/h4-7,11,15H,3,8-9H2,1-2H3,(H2,17,20)(H,18,22)/t11-,15+/m1/s1. The van der Waals surface area contributed by atoms with Crippen LogP contribution in [0.15, 0.2) is 24.3 Å². The topological polar surface area (TPSA) is 102 Å². The summed E-state index contributed by atoms with van der Waals surface area (Å²) in [5.41, 5.74) is 5.84. The fourth-order valence-corrected chi connectivity index (χ4v) is 3.00. The number of carbonyl (C=O) groups is 3. The number of carbonyl (C=O) groups excluding carboxylic acids is 3. The molecule has 0 bridgehead atoms. The second kappa shape index (κ2) is 7.13. The highest BCUT2D eigenvalue weighted by atomic mass is 16.5. The molecule has 1 aromatic rings. The predicted octanol–water partition coefficient (Wildman–Crippen LogP) is 0.206. The van der Waals surface area contributed by atoms with Gasteiger partial charge in [-0.1, -0.05) is 18.2 Å². The maximum Gasteiger partial charge on any atom is 0.236 e. The van der Waals surface area contributed by atoms with Crippen molar-refractivity contribution in [2.24, 2.45) is 11.7 Å². The minimum absolute atomic E-state index is 0.0948. The van der Waals surface area contributed by atoms with E-state index in [1.807, 2.05) is 25.1 Å². The van der Waals surface area contributed by atoms with Crippen LogP contribution in [0, 0.1) is 5.92 Å². The number of methoxy groups -OCH3 is 1. The summed E-state index contributed by atoms with van der Waals surface area (Å²) in [5.74, 6) is -1.04. The van der Waals surface area contributed by atoms with Crippen LogP contribution in [0.4, 0.5) is 0 Å². The first-order valence-electron chi connectivity index (χ1n) is 7.48. The zero-order valence-corrected chi connectivity index (χ0v) is 13.2. The van der Waals surface area contributed by atoms with Gasteiger partial charge in [0.15, 0.2) is 0 Å². The Labute approximate surface area is 134 Å². The minimum Gasteiger partial charge on any atom is -0.496 e. The molecule has 2 atom stereocenters. The molecule has 0 spiro atoms. The van der Waals surface area contributed by atoms with Gasteiger partial charge in [-0.2, -0.15) is 0 Å². The first-order chi connectivity index (χ1) is 11.0. The summed E-state index contributed by atoms with van der Waals surface area (Å²) in [5, 5.41) is 2.49. The molecule has 0 aliphatic carbocycles. The molecular formula is C16H21N3O4. The Balaban J connectivity index is 2.35. The number of nitrogens with one attached hydrogen (secondary N) is 1. The molecule has 0 radical (unpaired) electrons. The van der Waals surface area contributed by atoms with E-state index in [0.29, 0.717) is 12.3 Å². The molecule has 1 aliphatic rings. The molecule has 1 aliphatic heterocycles. The van der Waals surface area contributed by atoms with Crippen molar-refractivity contribution in [1.29, 1.82) is 0 Å². The van der Waals surface area contributed by atoms with Crippen LogP contribution in [0.2, 0.25) is 0 Å². The van der Waals surface area contributed by atoms with Gasteiger partial charge in [0.1, 0.15) is 5.75 Å². The number of nitrogens with zero attached hydrogens (tertiary/aromatic N) is 1. The summed E-state index contributed by atoms with van der Waals surface area (Å²) in [6.45, 7) is 2.11. The van der Waals surface area contributed by atoms with E-state index in [2.05, 4.69) is 5.32 Å². The normalized spacial score (nSPS) is 20.4. The van der Waals surface area contributed by atoms with Crippen molar-refractivity contribution in [1.82, 2.24) is 10.2 Å². The SMILES string of the molecule is CCN1C(=O)C[C@@H](C(=O)NCC(N)=O)[C@@H]1c1ccccc1OC. The highest BCUT2D eigenvalue weighted by Gasteiger charge is 2.44. The van der Waals surface area contributed by atoms with Gasteiger partial charge in [0.2, 0.25) is 17.7 Å². The Morgan fingerprint density at radius 1 is 1.39 bits per heavy atom. The van der Waals surface area contributed by atoms with Gasteiger partial charge in [0, 0.05) is 18.5 Å². The van der Waals surface area contributed by atoms with E-state index in [0.717, 1.165) is 5.56 Å². The molecule has 0 unspecified atom stereocenters. The van der Waals surface area contributed by atoms with Crippen LogP contribution in [-0.4, -0.2) is 42.8 Å². The lowest BCUT2D eigenvalue weighted by Gasteiger charge is -2.28. The maximum absolute atomic E-state index is 12.4. The maximum atomic E-state index is 12.4. The molecule has 23 heavy (non-hydrogen) atoms. The van der Waals surface area contributed by atoms with Crippen LogP contribution in [0.3, 0.4) is 0 Å². The van der Waals surface area contributed by atoms with E-state index < -0.39 is 17.9 Å². The number of benzene rings is 1. The molecule has 0 aromatic heterocycles. The number of primary amides is 1. The third-order valence-electron chi connectivity index (χ3n) is 4.00. The van der Waals surface area contributed by atoms with E-state index >= 15 is 0 Å². The summed E-state index contributed by atoms with van der Waals surface area (Å²) in [4.78, 5) is 37.2. The number of para-hydroxylation sites is 1. The van der Waals surface area contributed by atoms with E-state index in [1.54, 1.807) is 18.1 Å². The van der Waals surface area contributed by atoms with Crippen LogP contribution < -0.4 is 15.8 Å². The van der Waals surface area contributed by atoms with Crippen molar-refractivity contribution in [2.75, 3.05) is 20.2 Å². The molecule has 7 nitrogen and oxygen atoms in total. The van der Waals surface area contributed by atoms with Gasteiger partial charge in [-0.15, -0.1) is 0 Å². The van der Waals surface area contributed by atoms with Gasteiger partial charge in [0.05, 0.1) is 25.6 Å². The second-order valence-corrected chi connectivity index (χ2v) is 5.36. The average Bonchev–Trinajstić information content (AvgIpc) is 2.88. The van der Waals surface area contributed by atoms with Crippen LogP contribution in [0.5, 0.6) is 5.75 Å². The monoisotopic (exact) mass is 319 g/mol. The molecule has 3 N–H and O–H groups in total. The summed E-state index contributed by atoms with van der Waals surface area (Å²) in [6, 6.07) is 6.89. The number of nitrogens with two attached hydrogens (primary N) is 1. The van der Waals surface area contributed by atoms with Gasteiger partial charge in [-0.05, 0) is 13.0 Å². The van der Waals surface area contributed by atoms with Gasteiger partial charge >= 0.3 is 0 Å². The van der Waals surface area contributed by atoms with Gasteiger partial charge in [-0.3, -0.25) is 14.4 Å². The zero-order valence-electron chi connectivity index (χ0n) is 13.2. The Morgan fingerprint density at radius 3 is 2.70 bits per heavy atom. The van der Waals surface area contributed by atoms with Crippen molar-refractivity contribution < 1.29 is 19.1 Å². The van der Waals surface area contributed by atoms with Crippen molar-refractivity contribution in [3.63, 3.8) is 0 Å². The van der Waals surface area contributed by atoms with Crippen molar-refractivity contribution in [2.45, 2.75) is 19.4 Å². The molecule has 3 amide bonds. The lowest BCUT2D eigenvalue weighted by molar-refractivity contribution is -0.129. The van der Waals surface area contributed by atoms with Crippen LogP contribution in [0.25, 0.3) is 0 Å². The highest BCUT2D eigenvalue weighted by molar-refractivity contribution is 5.92. The molecule has 124 valence electrons. The number of likely N-dealkylation sites (tertiary alicyclic amines) is 1. The zero-order chi connectivity index (χ0) is 17.0. The third-order valence-corrected chi connectivity index (χ3v) is 4.00. The van der Waals surface area contributed by atoms with Crippen molar-refractivity contribution in [3.8, 4) is 5.75 Å². The Hall–Kier alpha value is -2.57. The van der Waals surface area contributed by atoms with Gasteiger partial charge in [-0.25, -0.2) is 0 Å². The average molecular weight is 319 g/mol. The fourth-order valence-electron chi connectivity index (χ4n) is 3.00. The Bertz CT molecular complexity index is 617. The molecule has 1 fully saturated rings. The molecule has 7 heteroatoms. The van der Waals surface area contributed by atoms with Crippen LogP contribution in [-0.2, 0) is 14.4 Å². The van der Waals surface area contributed by atoms with Gasteiger partial charge < -0.3 is 20.7 Å². The van der Waals surface area contributed by atoms with E-state index in [-0.39, 0.29) is 24.8 Å². The molecule has 2 rings (SSSR count). The molecule has 1 aromatic carbocycles. The van der Waals surface area contributed by atoms with Crippen molar-refractivity contribution >= 4 is 17.7 Å². The lowest BCUT2D eigenvalue weighted by Crippen LogP contribution is -2.39. The number of ether oxygens (including phenoxy) is 1. The number of rotatable bonds is 6. The Morgan fingerprint density at radius 2 is 2.09 bits per heavy atom. The third kappa shape index (κ3) is 3.44. The fraction of sp³-hybridized carbons (Fsp3) is 0.438. The second-order valence-electron chi connectivity index (χ2n) is 5.36. The smallest absolute Gasteiger partial charge is 0.236 e. The number of amides is 3. The largest absolute Gasteiger partial charge is 0.496 e. The summed E-state index contributed by atoms with van der Waals surface area (Å²) in [6.07, 6.45) is 0.0984. The molecule has 1 saturated heterocycles.